The topological polar surface area (TPSA) is 76.7 Å². The Morgan fingerprint density at radius 2 is 1.79 bits per heavy atom. The summed E-state index contributed by atoms with van der Waals surface area (Å²) in [6.45, 7) is 7.24. The molecule has 0 spiro atoms. The maximum Gasteiger partial charge on any atom is 0.255 e. The molecule has 2 amide bonds. The van der Waals surface area contributed by atoms with Gasteiger partial charge in [-0.05, 0) is 50.6 Å². The van der Waals surface area contributed by atoms with Crippen LogP contribution in [0.15, 0.2) is 36.4 Å². The van der Waals surface area contributed by atoms with Crippen LogP contribution in [0.3, 0.4) is 0 Å². The second kappa shape index (κ2) is 11.3. The van der Waals surface area contributed by atoms with Gasteiger partial charge in [-0.25, -0.2) is 0 Å². The fourth-order valence-corrected chi connectivity index (χ4v) is 2.89. The van der Waals surface area contributed by atoms with Crippen molar-refractivity contribution in [2.24, 2.45) is 0 Å². The van der Waals surface area contributed by atoms with E-state index in [1.807, 2.05) is 13.8 Å². The Balaban J connectivity index is 2.22. The first-order valence-corrected chi connectivity index (χ1v) is 10.2. The quantitative estimate of drug-likeness (QED) is 0.537. The average molecular weight is 419 g/mol. The fraction of sp³-hybridized carbons (Fsp3) is 0.364. The van der Waals surface area contributed by atoms with Gasteiger partial charge in [-0.2, -0.15) is 0 Å². The van der Waals surface area contributed by atoms with E-state index in [9.17, 15) is 9.59 Å². The Labute approximate surface area is 176 Å². The number of carbonyl (C=O) groups excluding carboxylic acids is 2. The van der Waals surface area contributed by atoms with Crippen molar-refractivity contribution < 1.29 is 19.1 Å². The SMILES string of the molecule is CCCCOc1c(Cl)cc(C(=O)Nc2cccc(C(=O)NCC)c2)cc1OCC. The fourth-order valence-electron chi connectivity index (χ4n) is 2.62. The van der Waals surface area contributed by atoms with Crippen LogP contribution in [-0.4, -0.2) is 31.6 Å². The number of halogens is 1. The first kappa shape index (κ1) is 22.6. The van der Waals surface area contributed by atoms with Crippen LogP contribution in [0, 0.1) is 0 Å². The Kier molecular flexibility index (Phi) is 8.80. The van der Waals surface area contributed by atoms with Crippen LogP contribution in [0.4, 0.5) is 5.69 Å². The van der Waals surface area contributed by atoms with Gasteiger partial charge >= 0.3 is 0 Å². The second-order valence-electron chi connectivity index (χ2n) is 6.31. The Bertz CT molecular complexity index is 855. The zero-order valence-corrected chi connectivity index (χ0v) is 17.8. The minimum absolute atomic E-state index is 0.196. The number of carbonyl (C=O) groups is 2. The van der Waals surface area contributed by atoms with Gasteiger partial charge in [0.1, 0.15) is 0 Å². The number of nitrogens with one attached hydrogen (secondary N) is 2. The number of ether oxygens (including phenoxy) is 2. The van der Waals surface area contributed by atoms with E-state index in [1.54, 1.807) is 36.4 Å². The van der Waals surface area contributed by atoms with Gasteiger partial charge in [-0.15, -0.1) is 0 Å². The molecule has 0 saturated heterocycles. The standard InChI is InChI=1S/C22H27ClN2O4/c1-4-7-11-29-20-18(23)13-16(14-19(20)28-6-3)22(27)25-17-10-8-9-15(12-17)21(26)24-5-2/h8-10,12-14H,4-7,11H2,1-3H3,(H,24,26)(H,25,27). The highest BCUT2D eigenvalue weighted by atomic mass is 35.5. The van der Waals surface area contributed by atoms with Crippen molar-refractivity contribution in [2.75, 3.05) is 25.1 Å². The third-order valence-corrected chi connectivity index (χ3v) is 4.32. The molecule has 0 heterocycles. The van der Waals surface area contributed by atoms with Gasteiger partial charge in [0, 0.05) is 23.4 Å². The van der Waals surface area contributed by atoms with Gasteiger partial charge in [-0.1, -0.05) is 31.0 Å². The van der Waals surface area contributed by atoms with E-state index < -0.39 is 0 Å². The van der Waals surface area contributed by atoms with Crippen LogP contribution in [0.1, 0.15) is 54.3 Å². The van der Waals surface area contributed by atoms with Gasteiger partial charge in [-0.3, -0.25) is 9.59 Å². The van der Waals surface area contributed by atoms with Crippen LogP contribution in [-0.2, 0) is 0 Å². The van der Waals surface area contributed by atoms with E-state index in [1.165, 1.54) is 0 Å². The molecule has 0 bridgehead atoms. The first-order chi connectivity index (χ1) is 14.0. The average Bonchev–Trinajstić information content (AvgIpc) is 2.70. The maximum absolute atomic E-state index is 12.7. The number of hydrogen-bond acceptors (Lipinski definition) is 4. The summed E-state index contributed by atoms with van der Waals surface area (Å²) < 4.78 is 11.4. The summed E-state index contributed by atoms with van der Waals surface area (Å²) in [4.78, 5) is 24.7. The third-order valence-electron chi connectivity index (χ3n) is 4.04. The molecule has 0 radical (unpaired) electrons. The summed E-state index contributed by atoms with van der Waals surface area (Å²) in [6.07, 6.45) is 1.89. The predicted octanol–water partition coefficient (Wildman–Crippen LogP) is 4.92. The smallest absolute Gasteiger partial charge is 0.255 e. The number of benzene rings is 2. The maximum atomic E-state index is 12.7. The van der Waals surface area contributed by atoms with Crippen molar-refractivity contribution in [2.45, 2.75) is 33.6 Å². The van der Waals surface area contributed by atoms with Crippen LogP contribution < -0.4 is 20.1 Å². The number of anilines is 1. The van der Waals surface area contributed by atoms with Crippen LogP contribution in [0.25, 0.3) is 0 Å². The molecule has 2 N–H and O–H groups in total. The predicted molar refractivity (Wildman–Crippen MR) is 115 cm³/mol. The van der Waals surface area contributed by atoms with Gasteiger partial charge < -0.3 is 20.1 Å². The third kappa shape index (κ3) is 6.39. The number of unbranched alkanes of at least 4 members (excludes halogenated alkanes) is 1. The van der Waals surface area contributed by atoms with Crippen molar-refractivity contribution in [3.63, 3.8) is 0 Å². The van der Waals surface area contributed by atoms with Crippen molar-refractivity contribution in [1.29, 1.82) is 0 Å². The van der Waals surface area contributed by atoms with Crippen LogP contribution >= 0.6 is 11.6 Å². The summed E-state index contributed by atoms with van der Waals surface area (Å²) >= 11 is 6.36. The summed E-state index contributed by atoms with van der Waals surface area (Å²) in [5, 5.41) is 5.83. The highest BCUT2D eigenvalue weighted by Gasteiger charge is 2.17. The van der Waals surface area contributed by atoms with E-state index in [4.69, 9.17) is 21.1 Å². The molecule has 6 nitrogen and oxygen atoms in total. The number of hydrogen-bond donors (Lipinski definition) is 2. The number of rotatable bonds is 10. The van der Waals surface area contributed by atoms with Crippen molar-refractivity contribution in [3.05, 3.63) is 52.5 Å². The zero-order valence-electron chi connectivity index (χ0n) is 17.0. The lowest BCUT2D eigenvalue weighted by molar-refractivity contribution is 0.0954. The van der Waals surface area contributed by atoms with Crippen molar-refractivity contribution in [1.82, 2.24) is 5.32 Å². The summed E-state index contributed by atoms with van der Waals surface area (Å²) in [7, 11) is 0. The largest absolute Gasteiger partial charge is 0.490 e. The molecule has 0 atom stereocenters. The number of amides is 2. The van der Waals surface area contributed by atoms with E-state index in [2.05, 4.69) is 17.6 Å². The van der Waals surface area contributed by atoms with E-state index in [0.29, 0.717) is 53.1 Å². The second-order valence-corrected chi connectivity index (χ2v) is 6.72. The molecule has 0 aliphatic rings. The molecule has 0 fully saturated rings. The molecular formula is C22H27ClN2O4. The highest BCUT2D eigenvalue weighted by Crippen LogP contribution is 2.37. The lowest BCUT2D eigenvalue weighted by Crippen LogP contribution is -2.22. The van der Waals surface area contributed by atoms with Crippen LogP contribution in [0.2, 0.25) is 5.02 Å². The molecule has 156 valence electrons. The Hall–Kier alpha value is -2.73. The summed E-state index contributed by atoms with van der Waals surface area (Å²) in [6, 6.07) is 9.90. The normalized spacial score (nSPS) is 10.3. The minimum Gasteiger partial charge on any atom is -0.490 e. The summed E-state index contributed by atoms with van der Waals surface area (Å²) in [5.74, 6) is 0.314. The minimum atomic E-state index is -0.360. The van der Waals surface area contributed by atoms with Gasteiger partial charge in [0.05, 0.1) is 18.2 Å². The zero-order chi connectivity index (χ0) is 21.2. The van der Waals surface area contributed by atoms with Gasteiger partial charge in [0.15, 0.2) is 11.5 Å². The van der Waals surface area contributed by atoms with Crippen molar-refractivity contribution in [3.8, 4) is 11.5 Å². The first-order valence-electron chi connectivity index (χ1n) is 9.78. The molecule has 0 aliphatic heterocycles. The van der Waals surface area contributed by atoms with E-state index in [-0.39, 0.29) is 11.8 Å². The highest BCUT2D eigenvalue weighted by molar-refractivity contribution is 6.32. The molecule has 2 aromatic rings. The van der Waals surface area contributed by atoms with E-state index >= 15 is 0 Å². The van der Waals surface area contributed by atoms with Gasteiger partial charge in [0.2, 0.25) is 0 Å². The van der Waals surface area contributed by atoms with E-state index in [0.717, 1.165) is 12.8 Å². The molecule has 29 heavy (non-hydrogen) atoms. The molecule has 7 heteroatoms. The van der Waals surface area contributed by atoms with Gasteiger partial charge in [0.25, 0.3) is 11.8 Å². The molecule has 0 aromatic heterocycles. The lowest BCUT2D eigenvalue weighted by Gasteiger charge is -2.15. The molecule has 2 aromatic carbocycles. The van der Waals surface area contributed by atoms with Crippen molar-refractivity contribution >= 4 is 29.1 Å². The Morgan fingerprint density at radius 1 is 1.00 bits per heavy atom. The molecule has 2 rings (SSSR count). The summed E-state index contributed by atoms with van der Waals surface area (Å²) in [5.41, 5.74) is 1.32. The lowest BCUT2D eigenvalue weighted by atomic mass is 10.1. The molecule has 0 unspecified atom stereocenters. The Morgan fingerprint density at radius 3 is 2.48 bits per heavy atom. The van der Waals surface area contributed by atoms with Crippen LogP contribution in [0.5, 0.6) is 11.5 Å². The molecule has 0 aliphatic carbocycles. The monoisotopic (exact) mass is 418 g/mol. The molecule has 0 saturated carbocycles. The molecular weight excluding hydrogens is 392 g/mol.